The van der Waals surface area contributed by atoms with E-state index < -0.39 is 0 Å². The van der Waals surface area contributed by atoms with Crippen molar-refractivity contribution in [3.8, 4) is 0 Å². The van der Waals surface area contributed by atoms with Gasteiger partial charge in [0.15, 0.2) is 0 Å². The van der Waals surface area contributed by atoms with Crippen LogP contribution in [0.4, 0.5) is 17.6 Å². The van der Waals surface area contributed by atoms with Crippen LogP contribution >= 0.6 is 0 Å². The van der Waals surface area contributed by atoms with Crippen LogP contribution in [0.25, 0.3) is 10.9 Å². The number of pyridine rings is 1. The van der Waals surface area contributed by atoms with Gasteiger partial charge >= 0.3 is 0 Å². The molecule has 136 valence electrons. The van der Waals surface area contributed by atoms with Crippen molar-refractivity contribution < 1.29 is 5.11 Å². The number of nitrogens with one attached hydrogen (secondary N) is 1. The standard InChI is InChI=1S/C19H24N6O/c1-24(10-11-26)19-20-8-6-17(23-19)22-18-12-16-14(13-21-18)7-9-25(16)15-4-2-3-5-15/h6-9,12-13,15,26H,2-5,10-11H2,1H3,(H,20,21,22,23). The summed E-state index contributed by atoms with van der Waals surface area (Å²) in [5, 5.41) is 13.5. The number of aliphatic hydroxyl groups excluding tert-OH is 1. The van der Waals surface area contributed by atoms with E-state index in [-0.39, 0.29) is 6.61 Å². The van der Waals surface area contributed by atoms with Gasteiger partial charge < -0.3 is 19.9 Å². The lowest BCUT2D eigenvalue weighted by atomic mass is 10.2. The smallest absolute Gasteiger partial charge is 0.227 e. The Kier molecular flexibility index (Phi) is 4.71. The largest absolute Gasteiger partial charge is 0.395 e. The van der Waals surface area contributed by atoms with Gasteiger partial charge in [0.05, 0.1) is 12.1 Å². The van der Waals surface area contributed by atoms with Crippen LogP contribution in [0.5, 0.6) is 0 Å². The monoisotopic (exact) mass is 352 g/mol. The van der Waals surface area contributed by atoms with Gasteiger partial charge in [-0.15, -0.1) is 0 Å². The summed E-state index contributed by atoms with van der Waals surface area (Å²) in [4.78, 5) is 15.1. The molecule has 0 atom stereocenters. The Morgan fingerprint density at radius 3 is 2.88 bits per heavy atom. The molecule has 1 aliphatic carbocycles. The zero-order valence-electron chi connectivity index (χ0n) is 15.0. The molecule has 1 fully saturated rings. The van der Waals surface area contributed by atoms with E-state index in [4.69, 9.17) is 5.11 Å². The second-order valence-electron chi connectivity index (χ2n) is 6.80. The van der Waals surface area contributed by atoms with Crippen LogP contribution in [-0.2, 0) is 0 Å². The minimum Gasteiger partial charge on any atom is -0.395 e. The van der Waals surface area contributed by atoms with Gasteiger partial charge in [0.25, 0.3) is 0 Å². The summed E-state index contributed by atoms with van der Waals surface area (Å²) < 4.78 is 2.38. The molecule has 3 aromatic rings. The van der Waals surface area contributed by atoms with E-state index in [1.807, 2.05) is 24.2 Å². The number of hydrogen-bond donors (Lipinski definition) is 2. The molecule has 4 rings (SSSR count). The van der Waals surface area contributed by atoms with E-state index in [9.17, 15) is 0 Å². The Hall–Kier alpha value is -2.67. The first-order chi connectivity index (χ1) is 12.7. The molecule has 7 nitrogen and oxygen atoms in total. The summed E-state index contributed by atoms with van der Waals surface area (Å²) >= 11 is 0. The number of likely N-dealkylation sites (N-methyl/N-ethyl adjacent to an activating group) is 1. The molecule has 1 aliphatic rings. The fourth-order valence-electron chi connectivity index (χ4n) is 3.60. The molecule has 7 heteroatoms. The van der Waals surface area contributed by atoms with Gasteiger partial charge in [-0.25, -0.2) is 9.97 Å². The summed E-state index contributed by atoms with van der Waals surface area (Å²) in [7, 11) is 1.86. The average molecular weight is 352 g/mol. The number of hydrogen-bond acceptors (Lipinski definition) is 6. The summed E-state index contributed by atoms with van der Waals surface area (Å²) in [5.41, 5.74) is 1.21. The molecular weight excluding hydrogens is 328 g/mol. The topological polar surface area (TPSA) is 79.1 Å². The highest BCUT2D eigenvalue weighted by atomic mass is 16.3. The zero-order valence-corrected chi connectivity index (χ0v) is 15.0. The van der Waals surface area contributed by atoms with Crippen molar-refractivity contribution >= 4 is 28.5 Å². The molecule has 26 heavy (non-hydrogen) atoms. The molecular formula is C19H24N6O. The molecule has 0 aliphatic heterocycles. The molecule has 3 aromatic heterocycles. The molecule has 2 N–H and O–H groups in total. The van der Waals surface area contributed by atoms with Crippen molar-refractivity contribution in [1.82, 2.24) is 19.5 Å². The Morgan fingerprint density at radius 2 is 2.08 bits per heavy atom. The first-order valence-electron chi connectivity index (χ1n) is 9.13. The minimum atomic E-state index is 0.0634. The van der Waals surface area contributed by atoms with Gasteiger partial charge in [-0.2, -0.15) is 4.98 Å². The van der Waals surface area contributed by atoms with Crippen molar-refractivity contribution in [2.24, 2.45) is 0 Å². The van der Waals surface area contributed by atoms with Crippen LogP contribution in [0.1, 0.15) is 31.7 Å². The van der Waals surface area contributed by atoms with Crippen molar-refractivity contribution in [2.45, 2.75) is 31.7 Å². The Labute approximate surface area is 152 Å². The summed E-state index contributed by atoms with van der Waals surface area (Å²) in [6.07, 6.45) is 10.9. The van der Waals surface area contributed by atoms with Gasteiger partial charge in [0.1, 0.15) is 11.6 Å². The third-order valence-electron chi connectivity index (χ3n) is 5.00. The predicted molar refractivity (Wildman–Crippen MR) is 103 cm³/mol. The first kappa shape index (κ1) is 16.8. The Morgan fingerprint density at radius 1 is 1.23 bits per heavy atom. The van der Waals surface area contributed by atoms with Gasteiger partial charge in [0.2, 0.25) is 5.95 Å². The third-order valence-corrected chi connectivity index (χ3v) is 5.00. The molecule has 3 heterocycles. The molecule has 0 radical (unpaired) electrons. The van der Waals surface area contributed by atoms with E-state index in [2.05, 4.69) is 43.2 Å². The second kappa shape index (κ2) is 7.29. The Balaban J connectivity index is 1.59. The van der Waals surface area contributed by atoms with Crippen LogP contribution < -0.4 is 10.2 Å². The summed E-state index contributed by atoms with van der Waals surface area (Å²) in [5.74, 6) is 2.02. The number of aromatic nitrogens is 4. The van der Waals surface area contributed by atoms with Gasteiger partial charge in [-0.1, -0.05) is 12.8 Å². The van der Waals surface area contributed by atoms with E-state index in [1.165, 1.54) is 31.2 Å². The number of rotatable bonds is 6. The van der Waals surface area contributed by atoms with Crippen molar-refractivity contribution in [2.75, 3.05) is 30.4 Å². The zero-order chi connectivity index (χ0) is 17.9. The lowest BCUT2D eigenvalue weighted by Gasteiger charge is -2.16. The fourth-order valence-corrected chi connectivity index (χ4v) is 3.60. The van der Waals surface area contributed by atoms with Crippen molar-refractivity contribution in [3.63, 3.8) is 0 Å². The second-order valence-corrected chi connectivity index (χ2v) is 6.80. The van der Waals surface area contributed by atoms with Crippen molar-refractivity contribution in [3.05, 3.63) is 36.8 Å². The lowest BCUT2D eigenvalue weighted by Crippen LogP contribution is -2.23. The number of anilines is 3. The normalized spacial score (nSPS) is 14.8. The van der Waals surface area contributed by atoms with Gasteiger partial charge in [-0.05, 0) is 25.0 Å². The molecule has 0 spiro atoms. The maximum absolute atomic E-state index is 9.07. The quantitative estimate of drug-likeness (QED) is 0.710. The van der Waals surface area contributed by atoms with Crippen LogP contribution in [-0.4, -0.2) is 44.8 Å². The van der Waals surface area contributed by atoms with Crippen LogP contribution in [0, 0.1) is 0 Å². The minimum absolute atomic E-state index is 0.0634. The number of aliphatic hydroxyl groups is 1. The predicted octanol–water partition coefficient (Wildman–Crippen LogP) is 3.11. The van der Waals surface area contributed by atoms with E-state index >= 15 is 0 Å². The average Bonchev–Trinajstić information content (AvgIpc) is 3.31. The number of fused-ring (bicyclic) bond motifs is 1. The lowest BCUT2D eigenvalue weighted by molar-refractivity contribution is 0.303. The maximum Gasteiger partial charge on any atom is 0.227 e. The van der Waals surface area contributed by atoms with Gasteiger partial charge in [0, 0.05) is 49.7 Å². The summed E-state index contributed by atoms with van der Waals surface area (Å²) in [6.45, 7) is 0.552. The fraction of sp³-hybridized carbons (Fsp3) is 0.421. The van der Waals surface area contributed by atoms with Crippen LogP contribution in [0.2, 0.25) is 0 Å². The molecule has 0 saturated heterocycles. The van der Waals surface area contributed by atoms with Crippen LogP contribution in [0.15, 0.2) is 36.8 Å². The molecule has 0 amide bonds. The van der Waals surface area contributed by atoms with Crippen molar-refractivity contribution in [1.29, 1.82) is 0 Å². The third kappa shape index (κ3) is 3.35. The molecule has 0 bridgehead atoms. The number of nitrogens with zero attached hydrogens (tertiary/aromatic N) is 5. The summed E-state index contributed by atoms with van der Waals surface area (Å²) in [6, 6.07) is 6.64. The van der Waals surface area contributed by atoms with E-state index in [0.717, 1.165) is 11.2 Å². The molecule has 1 saturated carbocycles. The highest BCUT2D eigenvalue weighted by molar-refractivity contribution is 5.82. The first-order valence-corrected chi connectivity index (χ1v) is 9.13. The molecule has 0 unspecified atom stereocenters. The molecule has 0 aromatic carbocycles. The highest BCUT2D eigenvalue weighted by Crippen LogP contribution is 2.33. The van der Waals surface area contributed by atoms with E-state index in [0.29, 0.717) is 24.4 Å². The van der Waals surface area contributed by atoms with Crippen LogP contribution in [0.3, 0.4) is 0 Å². The Bertz CT molecular complexity index is 887. The van der Waals surface area contributed by atoms with Gasteiger partial charge in [-0.3, -0.25) is 0 Å². The van der Waals surface area contributed by atoms with E-state index in [1.54, 1.807) is 6.20 Å². The highest BCUT2D eigenvalue weighted by Gasteiger charge is 2.18. The maximum atomic E-state index is 9.07. The SMILES string of the molecule is CN(CCO)c1nccc(Nc2cc3c(ccn3C3CCCC3)cn2)n1.